The molecule has 0 saturated heterocycles. The van der Waals surface area contributed by atoms with Gasteiger partial charge in [0.1, 0.15) is 0 Å². The Morgan fingerprint density at radius 3 is 2.50 bits per heavy atom. The van der Waals surface area contributed by atoms with Gasteiger partial charge in [-0.05, 0) is 25.3 Å². The number of nitrogens with two attached hydrogens (primary N) is 1. The van der Waals surface area contributed by atoms with Gasteiger partial charge in [0.2, 0.25) is 0 Å². The first-order valence-electron chi connectivity index (χ1n) is 6.37. The van der Waals surface area contributed by atoms with Crippen molar-refractivity contribution in [3.05, 3.63) is 52.0 Å². The largest absolute Gasteiger partial charge is 0.330 e. The molecule has 0 saturated carbocycles. The summed E-state index contributed by atoms with van der Waals surface area (Å²) in [5, 5.41) is 1.13. The van der Waals surface area contributed by atoms with Crippen LogP contribution in [0.25, 0.3) is 0 Å². The van der Waals surface area contributed by atoms with Gasteiger partial charge < -0.3 is 5.73 Å². The SMILES string of the molecule is CCC(CN)(Cc1cnc(C)s1)c1ccccc1. The molecule has 0 amide bonds. The summed E-state index contributed by atoms with van der Waals surface area (Å²) in [6.45, 7) is 4.94. The third-order valence-corrected chi connectivity index (χ3v) is 4.55. The third-order valence-electron chi connectivity index (χ3n) is 3.64. The lowest BCUT2D eigenvalue weighted by atomic mass is 9.75. The van der Waals surface area contributed by atoms with Gasteiger partial charge >= 0.3 is 0 Å². The second kappa shape index (κ2) is 5.63. The van der Waals surface area contributed by atoms with Gasteiger partial charge in [0.25, 0.3) is 0 Å². The Labute approximate surface area is 113 Å². The van der Waals surface area contributed by atoms with Crippen molar-refractivity contribution in [2.45, 2.75) is 32.1 Å². The molecule has 1 aromatic heterocycles. The molecule has 2 rings (SSSR count). The average Bonchev–Trinajstić information content (AvgIpc) is 2.82. The highest BCUT2D eigenvalue weighted by Gasteiger charge is 2.29. The van der Waals surface area contributed by atoms with E-state index in [1.807, 2.05) is 13.1 Å². The lowest BCUT2D eigenvalue weighted by Crippen LogP contribution is -2.36. The molecule has 1 heterocycles. The lowest BCUT2D eigenvalue weighted by molar-refractivity contribution is 0.421. The first kappa shape index (κ1) is 13.2. The van der Waals surface area contributed by atoms with Crippen LogP contribution in [0.3, 0.4) is 0 Å². The van der Waals surface area contributed by atoms with Crippen molar-refractivity contribution in [3.8, 4) is 0 Å². The van der Waals surface area contributed by atoms with Crippen molar-refractivity contribution in [1.29, 1.82) is 0 Å². The maximum Gasteiger partial charge on any atom is 0.0896 e. The highest BCUT2D eigenvalue weighted by Crippen LogP contribution is 2.32. The van der Waals surface area contributed by atoms with Crippen LogP contribution in [0.15, 0.2) is 36.5 Å². The number of aryl methyl sites for hydroxylation is 1. The summed E-state index contributed by atoms with van der Waals surface area (Å²) in [4.78, 5) is 5.66. The number of thiazole rings is 1. The van der Waals surface area contributed by atoms with E-state index in [-0.39, 0.29) is 5.41 Å². The van der Waals surface area contributed by atoms with Crippen molar-refractivity contribution in [1.82, 2.24) is 4.98 Å². The Morgan fingerprint density at radius 1 is 1.28 bits per heavy atom. The molecular weight excluding hydrogens is 240 g/mol. The number of rotatable bonds is 5. The zero-order chi connectivity index (χ0) is 13.0. The molecule has 1 aromatic carbocycles. The summed E-state index contributed by atoms with van der Waals surface area (Å²) >= 11 is 1.77. The maximum atomic E-state index is 6.09. The quantitative estimate of drug-likeness (QED) is 0.896. The number of hydrogen-bond donors (Lipinski definition) is 1. The van der Waals surface area contributed by atoms with Crippen LogP contribution in [0.2, 0.25) is 0 Å². The van der Waals surface area contributed by atoms with Crippen LogP contribution in [0.1, 0.15) is 28.8 Å². The number of nitrogens with zero attached hydrogens (tertiary/aromatic N) is 1. The summed E-state index contributed by atoms with van der Waals surface area (Å²) < 4.78 is 0. The van der Waals surface area contributed by atoms with E-state index in [1.54, 1.807) is 11.3 Å². The van der Waals surface area contributed by atoms with Crippen molar-refractivity contribution < 1.29 is 0 Å². The van der Waals surface area contributed by atoms with E-state index < -0.39 is 0 Å². The van der Waals surface area contributed by atoms with Gasteiger partial charge in [0, 0.05) is 23.0 Å². The second-order valence-corrected chi connectivity index (χ2v) is 6.05. The molecule has 96 valence electrons. The van der Waals surface area contributed by atoms with Gasteiger partial charge in [-0.2, -0.15) is 0 Å². The monoisotopic (exact) mass is 260 g/mol. The van der Waals surface area contributed by atoms with Gasteiger partial charge in [-0.3, -0.25) is 0 Å². The molecule has 0 bridgehead atoms. The van der Waals surface area contributed by atoms with Crippen LogP contribution in [-0.4, -0.2) is 11.5 Å². The Morgan fingerprint density at radius 2 is 2.00 bits per heavy atom. The molecule has 0 aliphatic rings. The van der Waals surface area contributed by atoms with Crippen molar-refractivity contribution >= 4 is 11.3 Å². The normalized spacial score (nSPS) is 14.4. The fourth-order valence-electron chi connectivity index (χ4n) is 2.38. The van der Waals surface area contributed by atoms with Crippen LogP contribution in [0.4, 0.5) is 0 Å². The molecule has 2 N–H and O–H groups in total. The highest BCUT2D eigenvalue weighted by atomic mass is 32.1. The molecule has 0 spiro atoms. The Kier molecular flexibility index (Phi) is 4.15. The standard InChI is InChI=1S/C15H20N2S/c1-3-15(11-16,13-7-5-4-6-8-13)9-14-10-17-12(2)18-14/h4-8,10H,3,9,11,16H2,1-2H3. The predicted molar refractivity (Wildman–Crippen MR) is 78.0 cm³/mol. The first-order valence-corrected chi connectivity index (χ1v) is 7.19. The molecule has 2 nitrogen and oxygen atoms in total. The second-order valence-electron chi connectivity index (χ2n) is 4.73. The van der Waals surface area contributed by atoms with Crippen LogP contribution in [0, 0.1) is 6.92 Å². The molecule has 2 aromatic rings. The minimum atomic E-state index is 0.0419. The smallest absolute Gasteiger partial charge is 0.0896 e. The molecule has 1 unspecified atom stereocenters. The zero-order valence-corrected chi connectivity index (χ0v) is 11.8. The number of hydrogen-bond acceptors (Lipinski definition) is 3. The summed E-state index contributed by atoms with van der Waals surface area (Å²) in [5.74, 6) is 0. The summed E-state index contributed by atoms with van der Waals surface area (Å²) in [6, 6.07) is 10.6. The lowest BCUT2D eigenvalue weighted by Gasteiger charge is -2.31. The Hall–Kier alpha value is -1.19. The van der Waals surface area contributed by atoms with Gasteiger partial charge in [0.15, 0.2) is 0 Å². The summed E-state index contributed by atoms with van der Waals surface area (Å²) in [6.07, 6.45) is 4.02. The van der Waals surface area contributed by atoms with Gasteiger partial charge in [-0.25, -0.2) is 4.98 Å². The molecule has 18 heavy (non-hydrogen) atoms. The van der Waals surface area contributed by atoms with E-state index in [4.69, 9.17) is 5.73 Å². The van der Waals surface area contributed by atoms with E-state index in [2.05, 4.69) is 42.2 Å². The fourth-order valence-corrected chi connectivity index (χ4v) is 3.32. The van der Waals surface area contributed by atoms with Crippen LogP contribution >= 0.6 is 11.3 Å². The summed E-state index contributed by atoms with van der Waals surface area (Å²) in [7, 11) is 0. The van der Waals surface area contributed by atoms with Crippen molar-refractivity contribution in [3.63, 3.8) is 0 Å². The molecule has 0 radical (unpaired) electrons. The molecule has 1 atom stereocenters. The van der Waals surface area contributed by atoms with E-state index in [1.165, 1.54) is 10.4 Å². The Balaban J connectivity index is 2.32. The van der Waals surface area contributed by atoms with E-state index in [0.29, 0.717) is 6.54 Å². The number of benzene rings is 1. The molecule has 3 heteroatoms. The maximum absolute atomic E-state index is 6.09. The molecule has 0 aliphatic heterocycles. The molecular formula is C15H20N2S. The molecule has 0 fully saturated rings. The third kappa shape index (κ3) is 2.62. The van der Waals surface area contributed by atoms with Crippen LogP contribution < -0.4 is 5.73 Å². The Bertz CT molecular complexity index is 486. The van der Waals surface area contributed by atoms with Gasteiger partial charge in [0.05, 0.1) is 5.01 Å². The van der Waals surface area contributed by atoms with Gasteiger partial charge in [-0.15, -0.1) is 11.3 Å². The van der Waals surface area contributed by atoms with E-state index >= 15 is 0 Å². The van der Waals surface area contributed by atoms with Crippen LogP contribution in [0.5, 0.6) is 0 Å². The number of aromatic nitrogens is 1. The fraction of sp³-hybridized carbons (Fsp3) is 0.400. The molecule has 0 aliphatic carbocycles. The first-order chi connectivity index (χ1) is 8.70. The van der Waals surface area contributed by atoms with E-state index in [9.17, 15) is 0 Å². The van der Waals surface area contributed by atoms with Crippen LogP contribution in [-0.2, 0) is 11.8 Å². The topological polar surface area (TPSA) is 38.9 Å². The summed E-state index contributed by atoms with van der Waals surface area (Å²) in [5.41, 5.74) is 7.47. The predicted octanol–water partition coefficient (Wildman–Crippen LogP) is 3.30. The zero-order valence-electron chi connectivity index (χ0n) is 11.0. The minimum Gasteiger partial charge on any atom is -0.330 e. The highest BCUT2D eigenvalue weighted by molar-refractivity contribution is 7.11. The van der Waals surface area contributed by atoms with Gasteiger partial charge in [-0.1, -0.05) is 37.3 Å². The van der Waals surface area contributed by atoms with Crippen molar-refractivity contribution in [2.75, 3.05) is 6.54 Å². The van der Waals surface area contributed by atoms with E-state index in [0.717, 1.165) is 17.8 Å². The minimum absolute atomic E-state index is 0.0419. The van der Waals surface area contributed by atoms with Crippen molar-refractivity contribution in [2.24, 2.45) is 5.73 Å². The average molecular weight is 260 g/mol.